The molecule has 1 atom stereocenters. The first-order valence-electron chi connectivity index (χ1n) is 10.4. The minimum atomic E-state index is -0.858. The van der Waals surface area contributed by atoms with E-state index in [0.717, 1.165) is 43.1 Å². The summed E-state index contributed by atoms with van der Waals surface area (Å²) < 4.78 is 10.8. The number of ketones is 1. The predicted octanol–water partition coefficient (Wildman–Crippen LogP) is 5.38. The summed E-state index contributed by atoms with van der Waals surface area (Å²) in [5.74, 6) is 1.68. The fraction of sp³-hybridized carbons (Fsp3) is 0.458. The minimum Gasteiger partial charge on any atom is -0.493 e. The maximum atomic E-state index is 13.1. The summed E-state index contributed by atoms with van der Waals surface area (Å²) in [6.45, 7) is 2.96. The molecule has 0 aromatic heterocycles. The zero-order valence-corrected chi connectivity index (χ0v) is 18.9. The fourth-order valence-corrected chi connectivity index (χ4v) is 5.31. The van der Waals surface area contributed by atoms with E-state index >= 15 is 0 Å². The Morgan fingerprint density at radius 2 is 1.70 bits per heavy atom. The Bertz CT molecular complexity index is 923. The number of Topliss-reactive ketones (excluding diaryl/α,β-unsaturated/α-hetero) is 1. The molecule has 0 spiro atoms. The summed E-state index contributed by atoms with van der Waals surface area (Å²) in [5, 5.41) is 0.766. The average Bonchev–Trinajstić information content (AvgIpc) is 2.99. The number of methoxy groups -OCH3 is 2. The van der Waals surface area contributed by atoms with Gasteiger partial charge >= 0.3 is 0 Å². The Kier molecular flexibility index (Phi) is 6.29. The first kappa shape index (κ1) is 21.5. The van der Waals surface area contributed by atoms with E-state index < -0.39 is 4.87 Å². The van der Waals surface area contributed by atoms with Gasteiger partial charge in [-0.05, 0) is 80.1 Å². The lowest BCUT2D eigenvalue weighted by atomic mass is 9.84. The molecule has 4 nitrogen and oxygen atoms in total. The molecule has 0 N–H and O–H groups in total. The largest absolute Gasteiger partial charge is 0.493 e. The van der Waals surface area contributed by atoms with Gasteiger partial charge in [0.2, 0.25) is 0 Å². The molecule has 1 fully saturated rings. The monoisotopic (exact) mass is 447 g/mol. The molecule has 1 heterocycles. The molecule has 2 aliphatic rings. The van der Waals surface area contributed by atoms with Gasteiger partial charge in [0, 0.05) is 17.1 Å². The van der Waals surface area contributed by atoms with E-state index in [4.69, 9.17) is 32.7 Å². The lowest BCUT2D eigenvalue weighted by molar-refractivity contribution is 0.0919. The zero-order chi connectivity index (χ0) is 21.3. The van der Waals surface area contributed by atoms with E-state index in [9.17, 15) is 4.79 Å². The zero-order valence-electron chi connectivity index (χ0n) is 17.4. The molecule has 30 heavy (non-hydrogen) atoms. The number of benzene rings is 2. The van der Waals surface area contributed by atoms with Crippen LogP contribution in [0, 0.1) is 5.92 Å². The number of carbonyl (C=O) groups excluding carboxylic acids is 1. The Morgan fingerprint density at radius 3 is 2.33 bits per heavy atom. The van der Waals surface area contributed by atoms with Gasteiger partial charge in [0.1, 0.15) is 4.87 Å². The van der Waals surface area contributed by atoms with Crippen molar-refractivity contribution in [2.45, 2.75) is 37.1 Å². The van der Waals surface area contributed by atoms with E-state index in [-0.39, 0.29) is 5.78 Å². The average molecular weight is 448 g/mol. The topological polar surface area (TPSA) is 38.8 Å². The smallest absolute Gasteiger partial charge is 0.184 e. The second-order valence-corrected chi connectivity index (χ2v) is 9.55. The van der Waals surface area contributed by atoms with Crippen LogP contribution >= 0.6 is 23.2 Å². The van der Waals surface area contributed by atoms with Crippen LogP contribution in [0.25, 0.3) is 0 Å². The standard InChI is InChI=1S/C24H27Cl2NO3/c1-29-21-11-18-14-24(26,23(28)20(18)12-22(21)30-2)13-16-7-9-27(10-8-16)15-17-3-5-19(25)6-4-17/h3-6,11-12,16H,7-10,13-15H2,1-2H3. The summed E-state index contributed by atoms with van der Waals surface area (Å²) in [5.41, 5.74) is 2.90. The van der Waals surface area contributed by atoms with Gasteiger partial charge in [-0.2, -0.15) is 0 Å². The molecule has 1 saturated heterocycles. The van der Waals surface area contributed by atoms with E-state index in [0.29, 0.717) is 35.8 Å². The molecule has 1 aliphatic carbocycles. The van der Waals surface area contributed by atoms with Crippen molar-refractivity contribution in [3.8, 4) is 11.5 Å². The number of carbonyl (C=O) groups is 1. The van der Waals surface area contributed by atoms with Crippen molar-refractivity contribution in [3.05, 3.63) is 58.1 Å². The molecular formula is C24H27Cl2NO3. The number of hydrogen-bond acceptors (Lipinski definition) is 4. The maximum Gasteiger partial charge on any atom is 0.184 e. The van der Waals surface area contributed by atoms with Crippen molar-refractivity contribution in [2.24, 2.45) is 5.92 Å². The number of piperidine rings is 1. The van der Waals surface area contributed by atoms with Crippen LogP contribution in [0.3, 0.4) is 0 Å². The Hall–Kier alpha value is -1.75. The van der Waals surface area contributed by atoms with E-state index in [1.807, 2.05) is 18.2 Å². The van der Waals surface area contributed by atoms with Gasteiger partial charge < -0.3 is 9.47 Å². The van der Waals surface area contributed by atoms with Gasteiger partial charge in [-0.25, -0.2) is 0 Å². The van der Waals surface area contributed by atoms with Crippen molar-refractivity contribution >= 4 is 29.0 Å². The molecule has 2 aromatic rings. The number of halogens is 2. The van der Waals surface area contributed by atoms with Gasteiger partial charge in [-0.3, -0.25) is 9.69 Å². The fourth-order valence-electron chi connectivity index (χ4n) is 4.72. The van der Waals surface area contributed by atoms with Crippen molar-refractivity contribution in [2.75, 3.05) is 27.3 Å². The highest BCUT2D eigenvalue weighted by molar-refractivity contribution is 6.39. The first-order valence-corrected chi connectivity index (χ1v) is 11.1. The van der Waals surface area contributed by atoms with Crippen LogP contribution in [0.5, 0.6) is 11.5 Å². The molecule has 2 aromatic carbocycles. The summed E-state index contributed by atoms with van der Waals surface area (Å²) in [6, 6.07) is 11.7. The molecular weight excluding hydrogens is 421 g/mol. The van der Waals surface area contributed by atoms with Crippen molar-refractivity contribution in [1.29, 1.82) is 0 Å². The highest BCUT2D eigenvalue weighted by Crippen LogP contribution is 2.44. The number of fused-ring (bicyclic) bond motifs is 1. The summed E-state index contributed by atoms with van der Waals surface area (Å²) in [6.07, 6.45) is 3.37. The van der Waals surface area contributed by atoms with Gasteiger partial charge in [0.15, 0.2) is 17.3 Å². The summed E-state index contributed by atoms with van der Waals surface area (Å²) >= 11 is 12.9. The molecule has 6 heteroatoms. The number of alkyl halides is 1. The second kappa shape index (κ2) is 8.78. The molecule has 160 valence electrons. The third kappa shape index (κ3) is 4.32. The van der Waals surface area contributed by atoms with Crippen molar-refractivity contribution in [1.82, 2.24) is 4.90 Å². The summed E-state index contributed by atoms with van der Waals surface area (Å²) in [7, 11) is 3.18. The maximum absolute atomic E-state index is 13.1. The molecule has 0 amide bonds. The lowest BCUT2D eigenvalue weighted by Crippen LogP contribution is -2.38. The van der Waals surface area contributed by atoms with Crippen LogP contribution in [0.2, 0.25) is 5.02 Å². The van der Waals surface area contributed by atoms with Gasteiger partial charge in [-0.15, -0.1) is 11.6 Å². The van der Waals surface area contributed by atoms with Crippen molar-refractivity contribution < 1.29 is 14.3 Å². The first-order chi connectivity index (χ1) is 14.4. The quantitative estimate of drug-likeness (QED) is 0.557. The molecule has 0 saturated carbocycles. The van der Waals surface area contributed by atoms with Crippen LogP contribution < -0.4 is 9.47 Å². The SMILES string of the molecule is COc1cc2c(cc1OC)C(=O)C(Cl)(CC1CCN(Cc3ccc(Cl)cc3)CC1)C2. The van der Waals surface area contributed by atoms with Crippen LogP contribution in [-0.4, -0.2) is 42.9 Å². The number of rotatable bonds is 6. The highest BCUT2D eigenvalue weighted by Gasteiger charge is 2.46. The minimum absolute atomic E-state index is 0.0173. The Balaban J connectivity index is 1.37. The van der Waals surface area contributed by atoms with Crippen LogP contribution in [0.15, 0.2) is 36.4 Å². The second-order valence-electron chi connectivity index (χ2n) is 8.39. The van der Waals surface area contributed by atoms with Crippen LogP contribution in [-0.2, 0) is 13.0 Å². The van der Waals surface area contributed by atoms with Gasteiger partial charge in [0.25, 0.3) is 0 Å². The number of ether oxygens (including phenoxy) is 2. The lowest BCUT2D eigenvalue weighted by Gasteiger charge is -2.34. The van der Waals surface area contributed by atoms with E-state index in [2.05, 4.69) is 17.0 Å². The molecule has 4 rings (SSSR count). The Morgan fingerprint density at radius 1 is 1.07 bits per heavy atom. The van der Waals surface area contributed by atoms with E-state index in [1.54, 1.807) is 20.3 Å². The van der Waals surface area contributed by atoms with Crippen LogP contribution in [0.1, 0.15) is 40.7 Å². The van der Waals surface area contributed by atoms with Crippen LogP contribution in [0.4, 0.5) is 0 Å². The third-order valence-corrected chi connectivity index (χ3v) is 7.08. The molecule has 1 unspecified atom stereocenters. The molecule has 1 aliphatic heterocycles. The molecule has 0 radical (unpaired) electrons. The Labute approximate surface area is 188 Å². The van der Waals surface area contributed by atoms with E-state index in [1.165, 1.54) is 5.56 Å². The number of nitrogens with zero attached hydrogens (tertiary/aromatic N) is 1. The number of hydrogen-bond donors (Lipinski definition) is 0. The van der Waals surface area contributed by atoms with Crippen molar-refractivity contribution in [3.63, 3.8) is 0 Å². The molecule has 0 bridgehead atoms. The van der Waals surface area contributed by atoms with Gasteiger partial charge in [-0.1, -0.05) is 23.7 Å². The predicted molar refractivity (Wildman–Crippen MR) is 120 cm³/mol. The normalized spacial score (nSPS) is 22.2. The number of likely N-dealkylation sites (tertiary alicyclic amines) is 1. The third-order valence-electron chi connectivity index (χ3n) is 6.37. The van der Waals surface area contributed by atoms with Gasteiger partial charge in [0.05, 0.1) is 14.2 Å². The summed E-state index contributed by atoms with van der Waals surface area (Å²) in [4.78, 5) is 14.7. The highest BCUT2D eigenvalue weighted by atomic mass is 35.5.